The lowest BCUT2D eigenvalue weighted by atomic mass is 10.1. The third-order valence-corrected chi connectivity index (χ3v) is 3.06. The monoisotopic (exact) mass is 281 g/mol. The topological polar surface area (TPSA) is 92.1 Å². The van der Waals surface area contributed by atoms with Crippen molar-refractivity contribution < 1.29 is 10.0 Å². The van der Waals surface area contributed by atoms with Gasteiger partial charge < -0.3 is 10.1 Å². The van der Waals surface area contributed by atoms with E-state index in [0.717, 1.165) is 11.0 Å². The number of imidazole rings is 1. The number of H-pyrrole nitrogens is 1. The zero-order valence-electron chi connectivity index (χ0n) is 10.9. The van der Waals surface area contributed by atoms with Gasteiger partial charge in [-0.15, -0.1) is 0 Å². The van der Waals surface area contributed by atoms with Crippen LogP contribution in [-0.2, 0) is 0 Å². The number of rotatable bonds is 3. The highest BCUT2D eigenvalue weighted by molar-refractivity contribution is 5.80. The highest BCUT2D eigenvalue weighted by Crippen LogP contribution is 2.19. The van der Waals surface area contributed by atoms with Crippen molar-refractivity contribution in [2.45, 2.75) is 0 Å². The quantitative estimate of drug-likeness (QED) is 0.436. The van der Waals surface area contributed by atoms with Gasteiger partial charge in [0.25, 0.3) is 5.69 Å². The van der Waals surface area contributed by atoms with Gasteiger partial charge in [-0.3, -0.25) is 10.1 Å². The van der Waals surface area contributed by atoms with Gasteiger partial charge in [0.15, 0.2) is 0 Å². The molecule has 0 bridgehead atoms. The van der Waals surface area contributed by atoms with Crippen molar-refractivity contribution in [3.8, 4) is 0 Å². The third kappa shape index (κ3) is 2.59. The highest BCUT2D eigenvalue weighted by atomic mass is 16.6. The minimum Gasteiger partial charge on any atom is -0.507 e. The fraction of sp³-hybridized carbons (Fsp3) is 0. The molecule has 0 aliphatic rings. The minimum atomic E-state index is -0.482. The van der Waals surface area contributed by atoms with Gasteiger partial charge >= 0.3 is 0 Å². The van der Waals surface area contributed by atoms with Gasteiger partial charge in [0.2, 0.25) is 0 Å². The molecule has 6 nitrogen and oxygen atoms in total. The van der Waals surface area contributed by atoms with E-state index in [-0.39, 0.29) is 11.4 Å². The molecule has 0 spiro atoms. The molecule has 2 aromatic carbocycles. The second-order valence-electron chi connectivity index (χ2n) is 4.47. The number of nitrogens with one attached hydrogen (secondary N) is 1. The molecule has 21 heavy (non-hydrogen) atoms. The van der Waals surface area contributed by atoms with E-state index in [1.807, 2.05) is 24.3 Å². The van der Waals surface area contributed by atoms with Gasteiger partial charge in [-0.2, -0.15) is 0 Å². The van der Waals surface area contributed by atoms with Crippen molar-refractivity contribution in [3.63, 3.8) is 0 Å². The van der Waals surface area contributed by atoms with E-state index in [9.17, 15) is 15.2 Å². The minimum absolute atomic E-state index is 0.0102. The Kier molecular flexibility index (Phi) is 3.12. The molecule has 0 radical (unpaired) electrons. The van der Waals surface area contributed by atoms with Gasteiger partial charge in [-0.25, -0.2) is 4.98 Å². The largest absolute Gasteiger partial charge is 0.507 e. The first-order chi connectivity index (χ1) is 10.1. The molecule has 0 unspecified atom stereocenters. The summed E-state index contributed by atoms with van der Waals surface area (Å²) in [5.41, 5.74) is 2.15. The summed E-state index contributed by atoms with van der Waals surface area (Å²) in [6, 6.07) is 13.2. The first-order valence-electron chi connectivity index (χ1n) is 6.24. The molecule has 1 aromatic heterocycles. The fourth-order valence-electron chi connectivity index (χ4n) is 2.01. The molecular formula is C15H11N3O3. The molecule has 3 aromatic rings. The number of nitro benzene ring substituents is 1. The number of aliphatic hydroxyl groups is 1. The maximum absolute atomic E-state index is 10.6. The second-order valence-corrected chi connectivity index (χ2v) is 4.47. The first-order valence-corrected chi connectivity index (χ1v) is 6.24. The summed E-state index contributed by atoms with van der Waals surface area (Å²) in [5.74, 6) is 0.510. The Hall–Kier alpha value is -3.15. The van der Waals surface area contributed by atoms with Crippen LogP contribution in [0.15, 0.2) is 48.5 Å². The van der Waals surface area contributed by atoms with E-state index in [2.05, 4.69) is 9.97 Å². The van der Waals surface area contributed by atoms with Crippen LogP contribution in [0, 0.1) is 10.1 Å². The molecule has 0 saturated carbocycles. The average Bonchev–Trinajstić information content (AvgIpc) is 2.89. The van der Waals surface area contributed by atoms with E-state index in [0.29, 0.717) is 11.4 Å². The SMILES string of the molecule is O=[N+]([O-])c1ccc(C(O)=Cc2nc3ccccc3[nH]2)cc1. The standard InChI is InChI=1S/C15H11N3O3/c19-14(10-5-7-11(8-6-10)18(20)21)9-15-16-12-3-1-2-4-13(12)17-15/h1-9,19H,(H,16,17). The fourth-order valence-corrected chi connectivity index (χ4v) is 2.01. The van der Waals surface area contributed by atoms with Crippen molar-refractivity contribution in [1.29, 1.82) is 0 Å². The van der Waals surface area contributed by atoms with Crippen molar-refractivity contribution >= 4 is 28.6 Å². The number of para-hydroxylation sites is 2. The lowest BCUT2D eigenvalue weighted by Crippen LogP contribution is -1.89. The van der Waals surface area contributed by atoms with Gasteiger partial charge in [0.1, 0.15) is 11.6 Å². The zero-order valence-corrected chi connectivity index (χ0v) is 10.9. The number of non-ortho nitro benzene ring substituents is 1. The zero-order chi connectivity index (χ0) is 14.8. The maximum atomic E-state index is 10.6. The molecule has 104 valence electrons. The molecule has 0 amide bonds. The van der Waals surface area contributed by atoms with E-state index in [4.69, 9.17) is 0 Å². The van der Waals surface area contributed by atoms with Gasteiger partial charge in [0, 0.05) is 23.8 Å². The van der Waals surface area contributed by atoms with Crippen molar-refractivity contribution in [2.24, 2.45) is 0 Å². The number of nitro groups is 1. The summed E-state index contributed by atoms with van der Waals surface area (Å²) in [6.07, 6.45) is 1.49. The third-order valence-electron chi connectivity index (χ3n) is 3.06. The molecule has 0 fully saturated rings. The molecular weight excluding hydrogens is 270 g/mol. The Bertz CT molecular complexity index is 802. The van der Waals surface area contributed by atoms with Crippen LogP contribution in [0.1, 0.15) is 11.4 Å². The normalized spacial score (nSPS) is 11.7. The number of fused-ring (bicyclic) bond motifs is 1. The highest BCUT2D eigenvalue weighted by Gasteiger charge is 2.07. The van der Waals surface area contributed by atoms with Gasteiger partial charge in [-0.05, 0) is 24.3 Å². The van der Waals surface area contributed by atoms with E-state index < -0.39 is 4.92 Å². The van der Waals surface area contributed by atoms with Crippen LogP contribution in [0.4, 0.5) is 5.69 Å². The Morgan fingerprint density at radius 3 is 2.57 bits per heavy atom. The van der Waals surface area contributed by atoms with E-state index in [1.165, 1.54) is 30.3 Å². The second kappa shape index (κ2) is 5.09. The van der Waals surface area contributed by atoms with Crippen molar-refractivity contribution in [3.05, 3.63) is 70.0 Å². The number of benzene rings is 2. The average molecular weight is 281 g/mol. The summed E-state index contributed by atoms with van der Waals surface area (Å²) in [6.45, 7) is 0. The molecule has 6 heteroatoms. The number of aromatic nitrogens is 2. The van der Waals surface area contributed by atoms with Crippen LogP contribution in [-0.4, -0.2) is 20.0 Å². The molecule has 2 N–H and O–H groups in total. The molecule has 0 saturated heterocycles. The van der Waals surface area contributed by atoms with Crippen LogP contribution >= 0.6 is 0 Å². The molecule has 0 aliphatic heterocycles. The number of hydrogen-bond donors (Lipinski definition) is 2. The number of hydrogen-bond acceptors (Lipinski definition) is 4. The van der Waals surface area contributed by atoms with E-state index in [1.54, 1.807) is 0 Å². The predicted octanol–water partition coefficient (Wildman–Crippen LogP) is 3.53. The predicted molar refractivity (Wildman–Crippen MR) is 79.7 cm³/mol. The number of aromatic amines is 1. The first kappa shape index (κ1) is 12.9. The Balaban J connectivity index is 1.92. The van der Waals surface area contributed by atoms with Crippen molar-refractivity contribution in [1.82, 2.24) is 9.97 Å². The van der Waals surface area contributed by atoms with E-state index >= 15 is 0 Å². The summed E-state index contributed by atoms with van der Waals surface area (Å²) >= 11 is 0. The molecule has 0 aliphatic carbocycles. The van der Waals surface area contributed by atoms with Crippen LogP contribution < -0.4 is 0 Å². The Morgan fingerprint density at radius 1 is 1.19 bits per heavy atom. The smallest absolute Gasteiger partial charge is 0.269 e. The summed E-state index contributed by atoms with van der Waals surface area (Å²) < 4.78 is 0. The van der Waals surface area contributed by atoms with Crippen LogP contribution in [0.5, 0.6) is 0 Å². The molecule has 1 heterocycles. The lowest BCUT2D eigenvalue weighted by Gasteiger charge is -1.99. The summed E-state index contributed by atoms with van der Waals surface area (Å²) in [4.78, 5) is 17.5. The Morgan fingerprint density at radius 2 is 1.90 bits per heavy atom. The van der Waals surface area contributed by atoms with Crippen LogP contribution in [0.25, 0.3) is 22.9 Å². The van der Waals surface area contributed by atoms with Crippen LogP contribution in [0.3, 0.4) is 0 Å². The Labute approximate surface area is 119 Å². The summed E-state index contributed by atoms with van der Waals surface area (Å²) in [5, 5.41) is 20.6. The maximum Gasteiger partial charge on any atom is 0.269 e. The van der Waals surface area contributed by atoms with Gasteiger partial charge in [-0.1, -0.05) is 12.1 Å². The summed E-state index contributed by atoms with van der Waals surface area (Å²) in [7, 11) is 0. The number of nitrogens with zero attached hydrogens (tertiary/aromatic N) is 2. The van der Waals surface area contributed by atoms with Crippen LogP contribution in [0.2, 0.25) is 0 Å². The molecule has 3 rings (SSSR count). The lowest BCUT2D eigenvalue weighted by molar-refractivity contribution is -0.384. The number of aliphatic hydroxyl groups excluding tert-OH is 1. The van der Waals surface area contributed by atoms with Gasteiger partial charge in [0.05, 0.1) is 16.0 Å². The molecule has 0 atom stereocenters. The van der Waals surface area contributed by atoms with Crippen molar-refractivity contribution in [2.75, 3.05) is 0 Å².